The lowest BCUT2D eigenvalue weighted by molar-refractivity contribution is 0.103. The van der Waals surface area contributed by atoms with E-state index < -0.39 is 0 Å². The number of hydrogen-bond acceptors (Lipinski definition) is 3. The van der Waals surface area contributed by atoms with Crippen molar-refractivity contribution in [2.75, 3.05) is 0 Å². The second-order valence-corrected chi connectivity index (χ2v) is 5.24. The van der Waals surface area contributed by atoms with Crippen LogP contribution in [0.1, 0.15) is 15.4 Å². The van der Waals surface area contributed by atoms with Crippen LogP contribution in [0.15, 0.2) is 48.5 Å². The molecule has 0 atom stereocenters. The number of para-hydroxylation sites is 1. The van der Waals surface area contributed by atoms with E-state index in [0.717, 1.165) is 4.70 Å². The van der Waals surface area contributed by atoms with Gasteiger partial charge in [0.2, 0.25) is 5.78 Å². The van der Waals surface area contributed by atoms with E-state index in [1.165, 1.54) is 11.3 Å². The molecule has 0 aliphatic rings. The van der Waals surface area contributed by atoms with Crippen LogP contribution in [0.2, 0.25) is 5.02 Å². The summed E-state index contributed by atoms with van der Waals surface area (Å²) in [5.41, 5.74) is 1.34. The normalized spacial score (nSPS) is 10.7. The van der Waals surface area contributed by atoms with E-state index in [2.05, 4.69) is 4.98 Å². The van der Waals surface area contributed by atoms with Gasteiger partial charge in [-0.3, -0.25) is 4.79 Å². The number of aromatic nitrogens is 1. The fraction of sp³-hybridized carbons (Fsp3) is 0. The molecule has 0 unspecified atom stereocenters. The summed E-state index contributed by atoms with van der Waals surface area (Å²) in [5, 5.41) is 1.06. The first-order chi connectivity index (χ1) is 8.75. The number of nitrogens with zero attached hydrogens (tertiary/aromatic N) is 1. The van der Waals surface area contributed by atoms with E-state index in [0.29, 0.717) is 21.1 Å². The molecule has 0 N–H and O–H groups in total. The second-order valence-electron chi connectivity index (χ2n) is 3.80. The number of benzene rings is 2. The molecule has 2 aromatic carbocycles. The van der Waals surface area contributed by atoms with Gasteiger partial charge in [-0.25, -0.2) is 4.98 Å². The van der Waals surface area contributed by atoms with Gasteiger partial charge in [0.25, 0.3) is 0 Å². The van der Waals surface area contributed by atoms with Crippen molar-refractivity contribution >= 4 is 38.9 Å². The molecule has 88 valence electrons. The molecule has 0 bridgehead atoms. The SMILES string of the molecule is O=C(c1ccccc1)c1nc2c(Cl)cccc2s1. The molecule has 3 aromatic rings. The minimum Gasteiger partial charge on any atom is -0.286 e. The molecule has 3 rings (SSSR count). The molecule has 2 nitrogen and oxygen atoms in total. The summed E-state index contributed by atoms with van der Waals surface area (Å²) in [6, 6.07) is 14.7. The molecule has 18 heavy (non-hydrogen) atoms. The molecular formula is C14H8ClNOS. The van der Waals surface area contributed by atoms with Crippen LogP contribution in [0, 0.1) is 0 Å². The number of fused-ring (bicyclic) bond motifs is 1. The summed E-state index contributed by atoms with van der Waals surface area (Å²) in [7, 11) is 0. The number of hydrogen-bond donors (Lipinski definition) is 0. The van der Waals surface area contributed by atoms with Gasteiger partial charge in [0.05, 0.1) is 9.72 Å². The predicted octanol–water partition coefficient (Wildman–Crippen LogP) is 4.18. The second kappa shape index (κ2) is 4.52. The third-order valence-electron chi connectivity index (χ3n) is 2.60. The molecule has 0 saturated carbocycles. The van der Waals surface area contributed by atoms with Crippen LogP contribution in [0.3, 0.4) is 0 Å². The summed E-state index contributed by atoms with van der Waals surface area (Å²) in [6.45, 7) is 0. The molecule has 1 heterocycles. The Morgan fingerprint density at radius 1 is 1.06 bits per heavy atom. The zero-order valence-corrected chi connectivity index (χ0v) is 10.8. The Balaban J connectivity index is 2.10. The van der Waals surface area contributed by atoms with Crippen LogP contribution in [0.25, 0.3) is 10.2 Å². The van der Waals surface area contributed by atoms with Crippen molar-refractivity contribution in [2.24, 2.45) is 0 Å². The van der Waals surface area contributed by atoms with Crippen molar-refractivity contribution < 1.29 is 4.79 Å². The largest absolute Gasteiger partial charge is 0.286 e. The maximum atomic E-state index is 12.2. The number of carbonyl (C=O) groups is 1. The van der Waals surface area contributed by atoms with Gasteiger partial charge >= 0.3 is 0 Å². The fourth-order valence-electron chi connectivity index (χ4n) is 1.73. The molecule has 0 aliphatic heterocycles. The maximum Gasteiger partial charge on any atom is 0.221 e. The van der Waals surface area contributed by atoms with Crippen molar-refractivity contribution in [3.05, 3.63) is 64.1 Å². The summed E-state index contributed by atoms with van der Waals surface area (Å²) in [5.74, 6) is -0.0622. The van der Waals surface area contributed by atoms with Crippen LogP contribution in [0.4, 0.5) is 0 Å². The first-order valence-electron chi connectivity index (χ1n) is 5.40. The number of carbonyl (C=O) groups excluding carboxylic acids is 1. The van der Waals surface area contributed by atoms with E-state index in [9.17, 15) is 4.79 Å². The standard InChI is InChI=1S/C14H8ClNOS/c15-10-7-4-8-11-12(10)16-14(18-11)13(17)9-5-2-1-3-6-9/h1-8H. The molecule has 4 heteroatoms. The highest BCUT2D eigenvalue weighted by atomic mass is 35.5. The maximum absolute atomic E-state index is 12.2. The van der Waals surface area contributed by atoms with E-state index >= 15 is 0 Å². The Bertz CT molecular complexity index is 721. The minimum absolute atomic E-state index is 0.0622. The highest BCUT2D eigenvalue weighted by Gasteiger charge is 2.15. The van der Waals surface area contributed by atoms with Gasteiger partial charge in [-0.2, -0.15) is 0 Å². The van der Waals surface area contributed by atoms with E-state index in [1.54, 1.807) is 18.2 Å². The summed E-state index contributed by atoms with van der Waals surface area (Å²) in [4.78, 5) is 16.6. The van der Waals surface area contributed by atoms with Gasteiger partial charge in [-0.05, 0) is 12.1 Å². The van der Waals surface area contributed by atoms with Crippen molar-refractivity contribution in [2.45, 2.75) is 0 Å². The molecule has 0 spiro atoms. The molecule has 0 amide bonds. The number of ketones is 1. The zero-order chi connectivity index (χ0) is 12.5. The topological polar surface area (TPSA) is 30.0 Å². The summed E-state index contributed by atoms with van der Waals surface area (Å²) >= 11 is 7.42. The quantitative estimate of drug-likeness (QED) is 0.656. The average molecular weight is 274 g/mol. The highest BCUT2D eigenvalue weighted by molar-refractivity contribution is 7.20. The lowest BCUT2D eigenvalue weighted by Gasteiger charge is -1.94. The molecule has 0 saturated heterocycles. The van der Waals surface area contributed by atoms with Crippen molar-refractivity contribution in [3.8, 4) is 0 Å². The first-order valence-corrected chi connectivity index (χ1v) is 6.60. The summed E-state index contributed by atoms with van der Waals surface area (Å²) in [6.07, 6.45) is 0. The van der Waals surface area contributed by atoms with E-state index in [4.69, 9.17) is 11.6 Å². The van der Waals surface area contributed by atoms with Crippen molar-refractivity contribution in [1.82, 2.24) is 4.98 Å². The van der Waals surface area contributed by atoms with Gasteiger partial charge in [-0.15, -0.1) is 11.3 Å². The van der Waals surface area contributed by atoms with Gasteiger partial charge in [0.1, 0.15) is 5.52 Å². The number of halogens is 1. The number of thiazole rings is 1. The Morgan fingerprint density at radius 3 is 2.56 bits per heavy atom. The lowest BCUT2D eigenvalue weighted by atomic mass is 10.1. The molecule has 0 radical (unpaired) electrons. The monoisotopic (exact) mass is 273 g/mol. The van der Waals surface area contributed by atoms with Gasteiger partial charge in [0, 0.05) is 5.56 Å². The van der Waals surface area contributed by atoms with Crippen LogP contribution < -0.4 is 0 Å². The van der Waals surface area contributed by atoms with E-state index in [-0.39, 0.29) is 5.78 Å². The smallest absolute Gasteiger partial charge is 0.221 e. The third-order valence-corrected chi connectivity index (χ3v) is 3.92. The van der Waals surface area contributed by atoms with Crippen LogP contribution >= 0.6 is 22.9 Å². The first kappa shape index (κ1) is 11.4. The van der Waals surface area contributed by atoms with Crippen LogP contribution in [0.5, 0.6) is 0 Å². The third kappa shape index (κ3) is 1.92. The molecular weight excluding hydrogens is 266 g/mol. The Labute approximate surface area is 113 Å². The van der Waals surface area contributed by atoms with Crippen molar-refractivity contribution in [1.29, 1.82) is 0 Å². The minimum atomic E-state index is -0.0622. The predicted molar refractivity (Wildman–Crippen MR) is 74.5 cm³/mol. The van der Waals surface area contributed by atoms with Gasteiger partial charge in [0.15, 0.2) is 5.01 Å². The molecule has 1 aromatic heterocycles. The van der Waals surface area contributed by atoms with Crippen LogP contribution in [-0.2, 0) is 0 Å². The number of rotatable bonds is 2. The lowest BCUT2D eigenvalue weighted by Crippen LogP contribution is -1.99. The summed E-state index contributed by atoms with van der Waals surface area (Å²) < 4.78 is 0.932. The van der Waals surface area contributed by atoms with E-state index in [1.807, 2.05) is 30.3 Å². The Morgan fingerprint density at radius 2 is 1.83 bits per heavy atom. The Hall–Kier alpha value is -1.71. The van der Waals surface area contributed by atoms with Gasteiger partial charge in [-0.1, -0.05) is 48.0 Å². The highest BCUT2D eigenvalue weighted by Crippen LogP contribution is 2.28. The van der Waals surface area contributed by atoms with Crippen LogP contribution in [-0.4, -0.2) is 10.8 Å². The fourth-order valence-corrected chi connectivity index (χ4v) is 2.95. The molecule has 0 fully saturated rings. The molecule has 0 aliphatic carbocycles. The van der Waals surface area contributed by atoms with Crippen molar-refractivity contribution in [3.63, 3.8) is 0 Å². The zero-order valence-electron chi connectivity index (χ0n) is 9.26. The average Bonchev–Trinajstić information content (AvgIpc) is 2.84. The van der Waals surface area contributed by atoms with Gasteiger partial charge < -0.3 is 0 Å². The Kier molecular flexibility index (Phi) is 2.86.